The van der Waals surface area contributed by atoms with Crippen LogP contribution in [-0.2, 0) is 7.05 Å². The lowest BCUT2D eigenvalue weighted by molar-refractivity contribution is 0.386. The summed E-state index contributed by atoms with van der Waals surface area (Å²) in [6, 6.07) is 9.72. The average Bonchev–Trinajstić information content (AvgIpc) is 2.81. The van der Waals surface area contributed by atoms with Gasteiger partial charge < -0.3 is 15.4 Å². The van der Waals surface area contributed by atoms with E-state index in [1.807, 2.05) is 11.0 Å². The Morgan fingerprint density at radius 3 is 2.53 bits per heavy atom. The lowest BCUT2D eigenvalue weighted by atomic mass is 10.0. The van der Waals surface area contributed by atoms with Crippen molar-refractivity contribution in [3.05, 3.63) is 58.4 Å². The summed E-state index contributed by atoms with van der Waals surface area (Å²) in [5, 5.41) is 9.08. The van der Waals surface area contributed by atoms with E-state index in [0.29, 0.717) is 35.9 Å². The SMILES string of the molecule is COc1ccc(-c2c(-c3ccc(C#N)nc3)nc(N3CCC(N)CC3)n(C)c2=O)cc1F. The van der Waals surface area contributed by atoms with Gasteiger partial charge in [-0.3, -0.25) is 9.36 Å². The molecule has 32 heavy (non-hydrogen) atoms. The van der Waals surface area contributed by atoms with Crippen LogP contribution in [0.15, 0.2) is 41.3 Å². The molecule has 1 aliphatic heterocycles. The molecule has 3 heterocycles. The Hall–Kier alpha value is -3.77. The van der Waals surface area contributed by atoms with Gasteiger partial charge in [0.15, 0.2) is 11.6 Å². The van der Waals surface area contributed by atoms with Gasteiger partial charge in [-0.05, 0) is 42.7 Å². The molecule has 1 aliphatic rings. The first-order valence-electron chi connectivity index (χ1n) is 10.2. The highest BCUT2D eigenvalue weighted by Gasteiger charge is 2.24. The summed E-state index contributed by atoms with van der Waals surface area (Å²) in [6.45, 7) is 1.37. The van der Waals surface area contributed by atoms with Gasteiger partial charge >= 0.3 is 0 Å². The predicted molar refractivity (Wildman–Crippen MR) is 119 cm³/mol. The largest absolute Gasteiger partial charge is 0.494 e. The molecular weight excluding hydrogens is 411 g/mol. The predicted octanol–water partition coefficient (Wildman–Crippen LogP) is 2.46. The number of nitrogens with two attached hydrogens (primary N) is 1. The quantitative estimate of drug-likeness (QED) is 0.672. The molecule has 9 heteroatoms. The summed E-state index contributed by atoms with van der Waals surface area (Å²) in [5.74, 6) is 0.0189. The standard InChI is InChI=1S/C23H23FN6O2/c1-29-22(31)20(14-4-6-19(32-2)18(24)11-14)21(15-3-5-17(12-25)27-13-15)28-23(29)30-9-7-16(26)8-10-30/h3-6,11,13,16H,7-10,26H2,1-2H3. The molecule has 0 aliphatic carbocycles. The van der Waals surface area contributed by atoms with Crippen LogP contribution in [0.3, 0.4) is 0 Å². The van der Waals surface area contributed by atoms with E-state index in [2.05, 4.69) is 4.98 Å². The molecule has 2 N–H and O–H groups in total. The third kappa shape index (κ3) is 3.92. The number of pyridine rings is 1. The van der Waals surface area contributed by atoms with Crippen LogP contribution in [0, 0.1) is 17.1 Å². The highest BCUT2D eigenvalue weighted by molar-refractivity contribution is 5.81. The number of methoxy groups -OCH3 is 1. The van der Waals surface area contributed by atoms with E-state index in [-0.39, 0.29) is 28.6 Å². The van der Waals surface area contributed by atoms with Crippen LogP contribution in [-0.4, -0.2) is 40.8 Å². The number of anilines is 1. The van der Waals surface area contributed by atoms with E-state index in [4.69, 9.17) is 20.7 Å². The second kappa shape index (κ2) is 8.77. The van der Waals surface area contributed by atoms with Gasteiger partial charge in [0.1, 0.15) is 11.8 Å². The van der Waals surface area contributed by atoms with Crippen LogP contribution >= 0.6 is 0 Å². The molecule has 0 radical (unpaired) electrons. The van der Waals surface area contributed by atoms with E-state index >= 15 is 0 Å². The fraction of sp³-hybridized carbons (Fsp3) is 0.304. The fourth-order valence-corrected chi connectivity index (χ4v) is 3.86. The van der Waals surface area contributed by atoms with Crippen LogP contribution in [0.5, 0.6) is 5.75 Å². The molecule has 1 saturated heterocycles. The van der Waals surface area contributed by atoms with Crippen molar-refractivity contribution in [3.63, 3.8) is 0 Å². The van der Waals surface area contributed by atoms with Gasteiger partial charge in [-0.1, -0.05) is 6.07 Å². The number of hydrogen-bond acceptors (Lipinski definition) is 7. The topological polar surface area (TPSA) is 110 Å². The number of ether oxygens (including phenoxy) is 1. The summed E-state index contributed by atoms with van der Waals surface area (Å²) in [6.07, 6.45) is 3.10. The van der Waals surface area contributed by atoms with Gasteiger partial charge in [-0.25, -0.2) is 14.4 Å². The molecule has 8 nitrogen and oxygen atoms in total. The Bertz CT molecular complexity index is 1240. The molecule has 2 aromatic heterocycles. The van der Waals surface area contributed by atoms with Crippen molar-refractivity contribution < 1.29 is 9.13 Å². The number of nitriles is 1. The molecule has 0 atom stereocenters. The second-order valence-corrected chi connectivity index (χ2v) is 7.72. The Balaban J connectivity index is 1.93. The number of rotatable bonds is 4. The third-order valence-electron chi connectivity index (χ3n) is 5.68. The molecule has 1 fully saturated rings. The maximum Gasteiger partial charge on any atom is 0.263 e. The van der Waals surface area contributed by atoms with Gasteiger partial charge in [0.25, 0.3) is 5.56 Å². The zero-order valence-electron chi connectivity index (χ0n) is 17.9. The molecule has 1 aromatic carbocycles. The van der Waals surface area contributed by atoms with Crippen LogP contribution in [0.4, 0.5) is 10.3 Å². The Morgan fingerprint density at radius 2 is 1.94 bits per heavy atom. The number of halogens is 1. The Labute approximate surface area is 184 Å². The Morgan fingerprint density at radius 1 is 1.22 bits per heavy atom. The fourth-order valence-electron chi connectivity index (χ4n) is 3.86. The first-order chi connectivity index (χ1) is 15.4. The molecule has 0 saturated carbocycles. The van der Waals surface area contributed by atoms with E-state index in [9.17, 15) is 9.18 Å². The van der Waals surface area contributed by atoms with Crippen molar-refractivity contribution in [2.75, 3.05) is 25.1 Å². The van der Waals surface area contributed by atoms with Crippen molar-refractivity contribution in [1.29, 1.82) is 5.26 Å². The van der Waals surface area contributed by atoms with E-state index in [0.717, 1.165) is 12.8 Å². The number of hydrogen-bond donors (Lipinski definition) is 1. The van der Waals surface area contributed by atoms with E-state index in [1.54, 1.807) is 25.2 Å². The van der Waals surface area contributed by atoms with E-state index in [1.165, 1.54) is 30.0 Å². The second-order valence-electron chi connectivity index (χ2n) is 7.72. The molecule has 3 aromatic rings. The minimum absolute atomic E-state index is 0.0846. The zero-order chi connectivity index (χ0) is 22.8. The third-order valence-corrected chi connectivity index (χ3v) is 5.68. The lowest BCUT2D eigenvalue weighted by Crippen LogP contribution is -2.42. The lowest BCUT2D eigenvalue weighted by Gasteiger charge is -2.32. The van der Waals surface area contributed by atoms with Crippen molar-refractivity contribution >= 4 is 5.95 Å². The molecule has 164 valence electrons. The average molecular weight is 434 g/mol. The molecule has 0 unspecified atom stereocenters. The minimum Gasteiger partial charge on any atom is -0.494 e. The number of aromatic nitrogens is 3. The van der Waals surface area contributed by atoms with Crippen LogP contribution in [0.25, 0.3) is 22.4 Å². The normalized spacial score (nSPS) is 14.3. The highest BCUT2D eigenvalue weighted by atomic mass is 19.1. The first-order valence-corrected chi connectivity index (χ1v) is 10.2. The maximum atomic E-state index is 14.5. The zero-order valence-corrected chi connectivity index (χ0v) is 17.9. The summed E-state index contributed by atoms with van der Waals surface area (Å²) < 4.78 is 21.0. The maximum absolute atomic E-state index is 14.5. The molecule has 0 amide bonds. The summed E-state index contributed by atoms with van der Waals surface area (Å²) in [7, 11) is 3.04. The van der Waals surface area contributed by atoms with Gasteiger partial charge in [0.05, 0.1) is 18.4 Å². The van der Waals surface area contributed by atoms with Crippen LogP contribution in [0.2, 0.25) is 0 Å². The van der Waals surface area contributed by atoms with Crippen LogP contribution < -0.4 is 20.9 Å². The van der Waals surface area contributed by atoms with Crippen molar-refractivity contribution in [3.8, 4) is 34.2 Å². The summed E-state index contributed by atoms with van der Waals surface area (Å²) in [4.78, 5) is 24.5. The minimum atomic E-state index is -0.579. The molecule has 4 rings (SSSR count). The van der Waals surface area contributed by atoms with Gasteiger partial charge in [0.2, 0.25) is 5.95 Å². The molecule has 0 bridgehead atoms. The highest BCUT2D eigenvalue weighted by Crippen LogP contribution is 2.32. The summed E-state index contributed by atoms with van der Waals surface area (Å²) in [5.41, 5.74) is 7.53. The number of benzene rings is 1. The summed E-state index contributed by atoms with van der Waals surface area (Å²) >= 11 is 0. The van der Waals surface area contributed by atoms with Gasteiger partial charge in [-0.2, -0.15) is 5.26 Å². The van der Waals surface area contributed by atoms with Crippen LogP contribution in [0.1, 0.15) is 18.5 Å². The first kappa shape index (κ1) is 21.5. The number of nitrogens with zero attached hydrogens (tertiary/aromatic N) is 5. The van der Waals surface area contributed by atoms with Gasteiger partial charge in [0, 0.05) is 37.9 Å². The van der Waals surface area contributed by atoms with E-state index < -0.39 is 5.82 Å². The monoisotopic (exact) mass is 434 g/mol. The van der Waals surface area contributed by atoms with Gasteiger partial charge in [-0.15, -0.1) is 0 Å². The van der Waals surface area contributed by atoms with Crippen molar-refractivity contribution in [2.45, 2.75) is 18.9 Å². The van der Waals surface area contributed by atoms with Crippen molar-refractivity contribution in [1.82, 2.24) is 14.5 Å². The van der Waals surface area contributed by atoms with Crippen molar-refractivity contribution in [2.24, 2.45) is 12.8 Å². The number of piperidine rings is 1. The molecular formula is C23H23FN6O2. The Kier molecular flexibility index (Phi) is 5.88. The smallest absolute Gasteiger partial charge is 0.263 e. The molecule has 0 spiro atoms.